The van der Waals surface area contributed by atoms with Gasteiger partial charge in [-0.2, -0.15) is 0 Å². The Balaban J connectivity index is 1.96. The molecule has 4 nitrogen and oxygen atoms in total. The molecule has 1 amide bonds. The van der Waals surface area contributed by atoms with Gasteiger partial charge in [-0.25, -0.2) is 4.99 Å². The van der Waals surface area contributed by atoms with E-state index in [1.54, 1.807) is 31.3 Å². The van der Waals surface area contributed by atoms with Crippen LogP contribution in [0.2, 0.25) is 0 Å². The second kappa shape index (κ2) is 6.53. The van der Waals surface area contributed by atoms with Crippen LogP contribution in [0.15, 0.2) is 52.4 Å². The molecule has 1 heterocycles. The molecule has 0 saturated carbocycles. The largest absolute Gasteiger partial charge is 0.507 e. The number of benzene rings is 2. The Morgan fingerprint density at radius 3 is 2.67 bits per heavy atom. The number of amidine groups is 1. The van der Waals surface area contributed by atoms with Crippen LogP contribution in [0.4, 0.5) is 5.69 Å². The Bertz CT molecular complexity index is 871. The van der Waals surface area contributed by atoms with Crippen molar-refractivity contribution >= 4 is 34.6 Å². The number of amides is 1. The minimum Gasteiger partial charge on any atom is -0.507 e. The van der Waals surface area contributed by atoms with E-state index in [1.165, 1.54) is 16.7 Å². The van der Waals surface area contributed by atoms with Gasteiger partial charge < -0.3 is 5.11 Å². The van der Waals surface area contributed by atoms with Gasteiger partial charge in [0.2, 0.25) is 0 Å². The SMILES string of the molecule is Cc1ccc(C)c(N=C2SC(=Cc3ccccc3O)C(=O)N2C)c1. The normalized spacial score (nSPS) is 18.0. The lowest BCUT2D eigenvalue weighted by Gasteiger charge is -2.08. The molecule has 0 spiro atoms. The average molecular weight is 338 g/mol. The zero-order chi connectivity index (χ0) is 17.3. The van der Waals surface area contributed by atoms with Crippen LogP contribution in [0.5, 0.6) is 5.75 Å². The number of phenolic OH excluding ortho intramolecular Hbond substituents is 1. The quantitative estimate of drug-likeness (QED) is 0.833. The molecule has 1 aliphatic rings. The number of hydrogen-bond donors (Lipinski definition) is 1. The molecule has 5 heteroatoms. The second-order valence-electron chi connectivity index (χ2n) is 5.72. The third-order valence-electron chi connectivity index (χ3n) is 3.81. The fraction of sp³-hybridized carbons (Fsp3) is 0.158. The second-order valence-corrected chi connectivity index (χ2v) is 6.73. The maximum Gasteiger partial charge on any atom is 0.266 e. The van der Waals surface area contributed by atoms with Gasteiger partial charge >= 0.3 is 0 Å². The summed E-state index contributed by atoms with van der Waals surface area (Å²) >= 11 is 1.32. The van der Waals surface area contributed by atoms with Gasteiger partial charge in [-0.15, -0.1) is 0 Å². The molecule has 1 N–H and O–H groups in total. The number of aryl methyl sites for hydroxylation is 2. The molecule has 0 bridgehead atoms. The highest BCUT2D eigenvalue weighted by atomic mass is 32.2. The highest BCUT2D eigenvalue weighted by molar-refractivity contribution is 8.18. The van der Waals surface area contributed by atoms with Crippen LogP contribution >= 0.6 is 11.8 Å². The van der Waals surface area contributed by atoms with Crippen LogP contribution in [0.3, 0.4) is 0 Å². The van der Waals surface area contributed by atoms with Crippen molar-refractivity contribution in [3.8, 4) is 5.75 Å². The molecule has 24 heavy (non-hydrogen) atoms. The molecule has 0 aromatic heterocycles. The average Bonchev–Trinajstić information content (AvgIpc) is 2.81. The fourth-order valence-corrected chi connectivity index (χ4v) is 3.32. The van der Waals surface area contributed by atoms with E-state index in [-0.39, 0.29) is 11.7 Å². The lowest BCUT2D eigenvalue weighted by atomic mass is 10.1. The van der Waals surface area contributed by atoms with E-state index in [1.807, 2.05) is 38.1 Å². The summed E-state index contributed by atoms with van der Waals surface area (Å²) in [5.74, 6) is 0.0354. The molecule has 3 rings (SSSR count). The molecule has 1 fully saturated rings. The summed E-state index contributed by atoms with van der Waals surface area (Å²) in [6.07, 6.45) is 1.70. The van der Waals surface area contributed by atoms with Gasteiger partial charge in [0.1, 0.15) is 5.75 Å². The standard InChI is InChI=1S/C19H18N2O2S/c1-12-8-9-13(2)15(10-12)20-19-21(3)18(23)17(24-19)11-14-6-4-5-7-16(14)22/h4-11,22H,1-3H3. The summed E-state index contributed by atoms with van der Waals surface area (Å²) in [4.78, 5) is 19.2. The van der Waals surface area contributed by atoms with Gasteiger partial charge in [0.05, 0.1) is 10.6 Å². The number of carbonyl (C=O) groups excluding carboxylic acids is 1. The van der Waals surface area contributed by atoms with Crippen molar-refractivity contribution in [3.63, 3.8) is 0 Å². The molecule has 0 radical (unpaired) electrons. The van der Waals surface area contributed by atoms with Crippen molar-refractivity contribution in [2.45, 2.75) is 13.8 Å². The van der Waals surface area contributed by atoms with Gasteiger partial charge in [-0.05, 0) is 54.9 Å². The zero-order valence-corrected chi connectivity index (χ0v) is 14.6. The van der Waals surface area contributed by atoms with E-state index in [4.69, 9.17) is 0 Å². The predicted octanol–water partition coefficient (Wildman–Crippen LogP) is 4.24. The van der Waals surface area contributed by atoms with Crippen molar-refractivity contribution in [3.05, 3.63) is 64.1 Å². The highest BCUT2D eigenvalue weighted by Crippen LogP contribution is 2.35. The number of aromatic hydroxyl groups is 1. The molecule has 0 atom stereocenters. The molecular formula is C19H18N2O2S. The summed E-state index contributed by atoms with van der Waals surface area (Å²) in [7, 11) is 1.71. The number of likely N-dealkylation sites (N-methyl/N-ethyl adjacent to an activating group) is 1. The first-order chi connectivity index (χ1) is 11.5. The maximum absolute atomic E-state index is 12.4. The molecule has 2 aromatic rings. The Morgan fingerprint density at radius 2 is 1.92 bits per heavy atom. The Labute approximate surface area is 145 Å². The Morgan fingerprint density at radius 1 is 1.17 bits per heavy atom. The summed E-state index contributed by atoms with van der Waals surface area (Å²) in [6, 6.07) is 13.0. The van der Waals surface area contributed by atoms with Crippen molar-refractivity contribution in [2.24, 2.45) is 4.99 Å². The van der Waals surface area contributed by atoms with E-state index in [2.05, 4.69) is 4.99 Å². The van der Waals surface area contributed by atoms with Crippen LogP contribution in [-0.2, 0) is 4.79 Å². The summed E-state index contributed by atoms with van der Waals surface area (Å²) < 4.78 is 0. The summed E-state index contributed by atoms with van der Waals surface area (Å²) in [5, 5.41) is 10.5. The first kappa shape index (κ1) is 16.3. The number of aliphatic imine (C=N–C) groups is 1. The van der Waals surface area contributed by atoms with Crippen LogP contribution in [0.25, 0.3) is 6.08 Å². The van der Waals surface area contributed by atoms with E-state index >= 15 is 0 Å². The molecular weight excluding hydrogens is 320 g/mol. The van der Waals surface area contributed by atoms with Crippen molar-refractivity contribution < 1.29 is 9.90 Å². The molecule has 2 aromatic carbocycles. The van der Waals surface area contributed by atoms with Crippen LogP contribution in [0.1, 0.15) is 16.7 Å². The van der Waals surface area contributed by atoms with Crippen LogP contribution in [-0.4, -0.2) is 28.1 Å². The van der Waals surface area contributed by atoms with Gasteiger partial charge in [0.15, 0.2) is 5.17 Å². The minimum atomic E-state index is -0.118. The number of nitrogens with zero attached hydrogens (tertiary/aromatic N) is 2. The van der Waals surface area contributed by atoms with Gasteiger partial charge in [0, 0.05) is 12.6 Å². The lowest BCUT2D eigenvalue weighted by molar-refractivity contribution is -0.121. The molecule has 122 valence electrons. The fourth-order valence-electron chi connectivity index (χ4n) is 2.35. The van der Waals surface area contributed by atoms with E-state index < -0.39 is 0 Å². The Kier molecular flexibility index (Phi) is 4.44. The highest BCUT2D eigenvalue weighted by Gasteiger charge is 2.30. The topological polar surface area (TPSA) is 52.9 Å². The number of phenols is 1. The summed E-state index contributed by atoms with van der Waals surface area (Å²) in [5.41, 5.74) is 3.67. The number of para-hydroxylation sites is 1. The number of thioether (sulfide) groups is 1. The number of rotatable bonds is 2. The number of carbonyl (C=O) groups is 1. The molecule has 1 saturated heterocycles. The first-order valence-electron chi connectivity index (χ1n) is 7.57. The van der Waals surface area contributed by atoms with Crippen LogP contribution < -0.4 is 0 Å². The van der Waals surface area contributed by atoms with Gasteiger partial charge in [0.25, 0.3) is 5.91 Å². The summed E-state index contributed by atoms with van der Waals surface area (Å²) in [6.45, 7) is 4.02. The van der Waals surface area contributed by atoms with Gasteiger partial charge in [-0.3, -0.25) is 9.69 Å². The van der Waals surface area contributed by atoms with Crippen molar-refractivity contribution in [1.82, 2.24) is 4.90 Å². The first-order valence-corrected chi connectivity index (χ1v) is 8.39. The third-order valence-corrected chi connectivity index (χ3v) is 4.87. The van der Waals surface area contributed by atoms with E-state index in [9.17, 15) is 9.90 Å². The van der Waals surface area contributed by atoms with Crippen LogP contribution in [0, 0.1) is 13.8 Å². The molecule has 0 unspecified atom stereocenters. The maximum atomic E-state index is 12.4. The smallest absolute Gasteiger partial charge is 0.266 e. The monoisotopic (exact) mass is 338 g/mol. The predicted molar refractivity (Wildman–Crippen MR) is 99.5 cm³/mol. The van der Waals surface area contributed by atoms with E-state index in [0.29, 0.717) is 15.6 Å². The lowest BCUT2D eigenvalue weighted by Crippen LogP contribution is -2.23. The third kappa shape index (κ3) is 3.21. The minimum absolute atomic E-state index is 0.118. The molecule has 0 aliphatic carbocycles. The number of hydrogen-bond acceptors (Lipinski definition) is 4. The Hall–Kier alpha value is -2.53. The zero-order valence-electron chi connectivity index (χ0n) is 13.8. The van der Waals surface area contributed by atoms with Crippen molar-refractivity contribution in [2.75, 3.05) is 7.05 Å². The van der Waals surface area contributed by atoms with Gasteiger partial charge in [-0.1, -0.05) is 30.3 Å². The van der Waals surface area contributed by atoms with E-state index in [0.717, 1.165) is 16.8 Å². The molecule has 1 aliphatic heterocycles. The van der Waals surface area contributed by atoms with Crippen molar-refractivity contribution in [1.29, 1.82) is 0 Å².